The second-order valence-corrected chi connectivity index (χ2v) is 11.7. The van der Waals surface area contributed by atoms with Gasteiger partial charge in [-0.3, -0.25) is 4.79 Å². The SMILES string of the molecule is CC[C@@H]1O[C@H](O[C@H]2[C@H](C)C(C)[C@H](O[C@@H]3C4CC[C@H](O4)C(N=[N+]=[N-])[C@H]3C)O[C@H]2C(C)=O)C(N=[N+]=[N-])[C@@H](C)[C@@H]1C. The molecule has 4 aliphatic rings. The molecule has 0 aromatic heterocycles. The number of rotatable bonds is 8. The summed E-state index contributed by atoms with van der Waals surface area (Å²) in [7, 11) is 0. The molecule has 0 amide bonds. The molecule has 2 bridgehead atoms. The standard InChI is InChI=1S/C26H42N6O6/c1-8-17-11(2)12(3)21(30-32-28)26(35-17)37-23-13(4)14(5)25(38-24(23)16(7)33)36-22-15(6)20(29-31-27)18-9-10-19(22)34-18/h11-15,17-26H,8-10H2,1-7H3/t11-,12-,13+,14?,15+,17-,18-,19?,20?,21?,22-,23-,24-,25+,26+/m0/s1. The number of carbonyl (C=O) groups is 1. The molecular weight excluding hydrogens is 492 g/mol. The van der Waals surface area contributed by atoms with Crippen molar-refractivity contribution in [3.8, 4) is 0 Å². The zero-order chi connectivity index (χ0) is 27.7. The van der Waals surface area contributed by atoms with E-state index in [-0.39, 0.29) is 65.8 Å². The van der Waals surface area contributed by atoms with E-state index in [1.807, 2.05) is 27.7 Å². The largest absolute Gasteiger partial charge is 0.372 e. The monoisotopic (exact) mass is 534 g/mol. The van der Waals surface area contributed by atoms with Crippen molar-refractivity contribution in [2.45, 2.75) is 129 Å². The van der Waals surface area contributed by atoms with E-state index in [2.05, 4.69) is 33.9 Å². The van der Waals surface area contributed by atoms with E-state index in [0.29, 0.717) is 0 Å². The van der Waals surface area contributed by atoms with Crippen LogP contribution < -0.4 is 0 Å². The number of nitrogens with zero attached hydrogens (tertiary/aromatic N) is 6. The molecule has 4 aliphatic heterocycles. The lowest BCUT2D eigenvalue weighted by molar-refractivity contribution is -0.324. The Morgan fingerprint density at radius 1 is 0.789 bits per heavy atom. The van der Waals surface area contributed by atoms with Gasteiger partial charge in [-0.2, -0.15) is 0 Å². The summed E-state index contributed by atoms with van der Waals surface area (Å²) in [4.78, 5) is 18.9. The maximum Gasteiger partial charge on any atom is 0.167 e. The molecule has 12 nitrogen and oxygen atoms in total. The highest BCUT2D eigenvalue weighted by atomic mass is 16.7. The van der Waals surface area contributed by atoms with E-state index in [4.69, 9.17) is 29.2 Å². The number of azide groups is 2. The zero-order valence-corrected chi connectivity index (χ0v) is 23.4. The number of carbonyl (C=O) groups excluding carboxylic acids is 1. The fourth-order valence-electron chi connectivity index (χ4n) is 6.74. The fraction of sp³-hybridized carbons (Fsp3) is 0.962. The molecule has 0 radical (unpaired) electrons. The van der Waals surface area contributed by atoms with Crippen molar-refractivity contribution in [2.24, 2.45) is 39.8 Å². The minimum atomic E-state index is -0.875. The molecule has 4 heterocycles. The first kappa shape index (κ1) is 29.1. The Hall–Kier alpha value is -1.91. The number of hydrogen-bond donors (Lipinski definition) is 0. The lowest BCUT2D eigenvalue weighted by Gasteiger charge is -2.49. The summed E-state index contributed by atoms with van der Waals surface area (Å²) in [5.74, 6) is -0.238. The van der Waals surface area contributed by atoms with Crippen LogP contribution in [0.5, 0.6) is 0 Å². The van der Waals surface area contributed by atoms with Crippen LogP contribution >= 0.6 is 0 Å². The van der Waals surface area contributed by atoms with Gasteiger partial charge >= 0.3 is 0 Å². The van der Waals surface area contributed by atoms with Crippen molar-refractivity contribution in [3.05, 3.63) is 20.9 Å². The Balaban J connectivity index is 1.53. The quantitative estimate of drug-likeness (QED) is 0.233. The van der Waals surface area contributed by atoms with Gasteiger partial charge in [0.25, 0.3) is 0 Å². The smallest absolute Gasteiger partial charge is 0.167 e. The minimum absolute atomic E-state index is 0.0451. The van der Waals surface area contributed by atoms with Crippen LogP contribution in [0.25, 0.3) is 20.9 Å². The lowest BCUT2D eigenvalue weighted by atomic mass is 9.80. The third-order valence-electron chi connectivity index (χ3n) is 9.54. The van der Waals surface area contributed by atoms with Gasteiger partial charge in [0.15, 0.2) is 18.4 Å². The van der Waals surface area contributed by atoms with E-state index >= 15 is 0 Å². The Bertz CT molecular complexity index is 957. The molecule has 4 saturated heterocycles. The molecule has 38 heavy (non-hydrogen) atoms. The highest BCUT2D eigenvalue weighted by molar-refractivity contribution is 5.81. The van der Waals surface area contributed by atoms with Gasteiger partial charge < -0.3 is 23.7 Å². The van der Waals surface area contributed by atoms with Crippen molar-refractivity contribution in [1.82, 2.24) is 0 Å². The van der Waals surface area contributed by atoms with Crippen LogP contribution in [0.1, 0.15) is 67.7 Å². The van der Waals surface area contributed by atoms with Crippen LogP contribution in [0.15, 0.2) is 10.2 Å². The van der Waals surface area contributed by atoms with Crippen LogP contribution in [0.3, 0.4) is 0 Å². The van der Waals surface area contributed by atoms with E-state index in [1.54, 1.807) is 0 Å². The maximum absolute atomic E-state index is 12.9. The average molecular weight is 535 g/mol. The first-order valence-electron chi connectivity index (χ1n) is 14.0. The average Bonchev–Trinajstić information content (AvgIpc) is 3.33. The number of fused-ring (bicyclic) bond motifs is 2. The van der Waals surface area contributed by atoms with Crippen LogP contribution in [0, 0.1) is 29.6 Å². The van der Waals surface area contributed by atoms with Crippen molar-refractivity contribution >= 4 is 5.78 Å². The zero-order valence-electron chi connectivity index (χ0n) is 23.4. The number of ketones is 1. The van der Waals surface area contributed by atoms with Crippen LogP contribution in [0.2, 0.25) is 0 Å². The Morgan fingerprint density at radius 2 is 1.42 bits per heavy atom. The molecule has 0 aliphatic carbocycles. The van der Waals surface area contributed by atoms with Gasteiger partial charge in [0.05, 0.1) is 42.6 Å². The van der Waals surface area contributed by atoms with Gasteiger partial charge in [-0.1, -0.05) is 51.8 Å². The van der Waals surface area contributed by atoms with E-state index in [1.165, 1.54) is 6.92 Å². The molecule has 0 aromatic carbocycles. The Kier molecular flexibility index (Phi) is 9.25. The number of hydrogen-bond acceptors (Lipinski definition) is 8. The van der Waals surface area contributed by atoms with E-state index < -0.39 is 30.8 Å². The third-order valence-corrected chi connectivity index (χ3v) is 9.54. The topological polar surface area (TPSA) is 161 Å². The summed E-state index contributed by atoms with van der Waals surface area (Å²) < 4.78 is 31.8. The molecule has 4 unspecified atom stereocenters. The highest BCUT2D eigenvalue weighted by Gasteiger charge is 2.53. The van der Waals surface area contributed by atoms with Gasteiger partial charge in [-0.25, -0.2) is 0 Å². The molecular formula is C26H42N6O6. The Labute approximate surface area is 224 Å². The first-order valence-corrected chi connectivity index (χ1v) is 14.0. The Morgan fingerprint density at radius 3 is 2.05 bits per heavy atom. The predicted octanol–water partition coefficient (Wildman–Crippen LogP) is 5.31. The second-order valence-electron chi connectivity index (χ2n) is 11.7. The molecule has 4 rings (SSSR count). The van der Waals surface area contributed by atoms with Gasteiger partial charge in [0, 0.05) is 15.7 Å². The van der Waals surface area contributed by atoms with E-state index in [0.717, 1.165) is 19.3 Å². The van der Waals surface area contributed by atoms with Crippen molar-refractivity contribution in [2.75, 3.05) is 0 Å². The summed E-state index contributed by atoms with van der Waals surface area (Å²) in [5, 5.41) is 8.02. The molecule has 15 atom stereocenters. The normalized spacial score (nSPS) is 48.6. The maximum atomic E-state index is 12.9. The summed E-state index contributed by atoms with van der Waals surface area (Å²) in [6, 6.07) is -0.827. The van der Waals surface area contributed by atoms with E-state index in [9.17, 15) is 10.3 Å². The molecule has 0 saturated carbocycles. The third kappa shape index (κ3) is 5.41. The fourth-order valence-corrected chi connectivity index (χ4v) is 6.74. The van der Waals surface area contributed by atoms with Crippen molar-refractivity contribution < 1.29 is 28.5 Å². The van der Waals surface area contributed by atoms with Gasteiger partial charge in [-0.05, 0) is 60.9 Å². The molecule has 12 heteroatoms. The summed E-state index contributed by atoms with van der Waals surface area (Å²) in [5.41, 5.74) is 18.3. The predicted molar refractivity (Wildman–Crippen MR) is 138 cm³/mol. The second kappa shape index (κ2) is 12.1. The number of ether oxygens (including phenoxy) is 5. The van der Waals surface area contributed by atoms with Gasteiger partial charge in [0.1, 0.15) is 6.10 Å². The first-order chi connectivity index (χ1) is 18.1. The molecule has 0 spiro atoms. The van der Waals surface area contributed by atoms with Crippen LogP contribution in [0.4, 0.5) is 0 Å². The minimum Gasteiger partial charge on any atom is -0.372 e. The van der Waals surface area contributed by atoms with Crippen LogP contribution in [-0.2, 0) is 28.5 Å². The summed E-state index contributed by atoms with van der Waals surface area (Å²) in [6.45, 7) is 13.7. The molecule has 212 valence electrons. The summed E-state index contributed by atoms with van der Waals surface area (Å²) >= 11 is 0. The van der Waals surface area contributed by atoms with Gasteiger partial charge in [0.2, 0.25) is 0 Å². The van der Waals surface area contributed by atoms with Gasteiger partial charge in [-0.15, -0.1) is 0 Å². The molecule has 0 aromatic rings. The number of Topliss-reactive ketones (excluding diaryl/α,β-unsaturated/α-hetero) is 1. The van der Waals surface area contributed by atoms with Crippen molar-refractivity contribution in [3.63, 3.8) is 0 Å². The highest BCUT2D eigenvalue weighted by Crippen LogP contribution is 2.43. The summed E-state index contributed by atoms with van der Waals surface area (Å²) in [6.07, 6.45) is -1.04. The van der Waals surface area contributed by atoms with Crippen LogP contribution in [-0.4, -0.2) is 67.1 Å². The lowest BCUT2D eigenvalue weighted by Crippen LogP contribution is -2.59. The molecule has 0 N–H and O–H groups in total. The van der Waals surface area contributed by atoms with Crippen molar-refractivity contribution in [1.29, 1.82) is 0 Å². The molecule has 4 fully saturated rings.